The average Bonchev–Trinajstić information content (AvgIpc) is 2.67. The van der Waals surface area contributed by atoms with Gasteiger partial charge < -0.3 is 14.8 Å². The molecule has 0 aliphatic carbocycles. The quantitative estimate of drug-likeness (QED) is 0.826. The van der Waals surface area contributed by atoms with Crippen LogP contribution in [0.5, 0.6) is 11.5 Å². The Morgan fingerprint density at radius 3 is 2.57 bits per heavy atom. The Morgan fingerprint density at radius 2 is 1.86 bits per heavy atom. The Balaban J connectivity index is 1.85. The number of carbonyl (C=O) groups is 1. The van der Waals surface area contributed by atoms with Crippen LogP contribution in [0, 0.1) is 13.8 Å². The van der Waals surface area contributed by atoms with Crippen LogP contribution in [0.1, 0.15) is 27.0 Å². The van der Waals surface area contributed by atoms with E-state index < -0.39 is 10.0 Å². The molecule has 0 fully saturated rings. The molecular formula is C20H24N2O5S. The Hall–Kier alpha value is -2.58. The Kier molecular flexibility index (Phi) is 5.62. The third kappa shape index (κ3) is 3.83. The molecule has 150 valence electrons. The second-order valence-corrected chi connectivity index (χ2v) is 8.95. The summed E-state index contributed by atoms with van der Waals surface area (Å²) >= 11 is 0. The topological polar surface area (TPSA) is 84.9 Å². The highest BCUT2D eigenvalue weighted by Gasteiger charge is 2.23. The normalized spacial score (nSPS) is 13.5. The molecule has 0 radical (unpaired) electrons. The van der Waals surface area contributed by atoms with Crippen LogP contribution in [0.2, 0.25) is 0 Å². The number of fused-ring (bicyclic) bond motifs is 1. The minimum atomic E-state index is -3.65. The number of hydrogen-bond donors (Lipinski definition) is 1. The minimum Gasteiger partial charge on any atom is -0.486 e. The number of nitrogens with one attached hydrogen (secondary N) is 1. The molecule has 0 bridgehead atoms. The molecule has 0 spiro atoms. The lowest BCUT2D eigenvalue weighted by atomic mass is 10.1. The fourth-order valence-electron chi connectivity index (χ4n) is 2.97. The van der Waals surface area contributed by atoms with Gasteiger partial charge in [-0.2, -0.15) is 0 Å². The molecule has 0 aromatic heterocycles. The van der Waals surface area contributed by atoms with Crippen molar-refractivity contribution < 1.29 is 22.7 Å². The summed E-state index contributed by atoms with van der Waals surface area (Å²) in [6.07, 6.45) is 0. The van der Waals surface area contributed by atoms with Gasteiger partial charge in [-0.25, -0.2) is 12.7 Å². The molecule has 8 heteroatoms. The second kappa shape index (κ2) is 7.81. The van der Waals surface area contributed by atoms with Gasteiger partial charge in [-0.05, 0) is 43.2 Å². The number of ether oxygens (including phenoxy) is 2. The molecule has 0 saturated heterocycles. The molecule has 1 heterocycles. The van der Waals surface area contributed by atoms with E-state index in [4.69, 9.17) is 9.47 Å². The van der Waals surface area contributed by atoms with Crippen molar-refractivity contribution in [1.82, 2.24) is 9.62 Å². The number of aryl methyl sites for hydroxylation is 1. The molecule has 2 aromatic rings. The first kappa shape index (κ1) is 20.2. The molecule has 1 N–H and O–H groups in total. The Morgan fingerprint density at radius 1 is 1.14 bits per heavy atom. The van der Waals surface area contributed by atoms with E-state index in [9.17, 15) is 13.2 Å². The van der Waals surface area contributed by atoms with E-state index in [2.05, 4.69) is 5.32 Å². The number of para-hydroxylation sites is 1. The lowest BCUT2D eigenvalue weighted by Gasteiger charge is -2.21. The summed E-state index contributed by atoms with van der Waals surface area (Å²) in [4.78, 5) is 12.8. The molecule has 1 aliphatic heterocycles. The van der Waals surface area contributed by atoms with E-state index in [-0.39, 0.29) is 17.3 Å². The van der Waals surface area contributed by atoms with E-state index in [1.165, 1.54) is 20.2 Å². The zero-order chi connectivity index (χ0) is 20.5. The van der Waals surface area contributed by atoms with E-state index >= 15 is 0 Å². The van der Waals surface area contributed by atoms with Gasteiger partial charge in [0.25, 0.3) is 5.91 Å². The number of hydrogen-bond acceptors (Lipinski definition) is 5. The van der Waals surface area contributed by atoms with E-state index in [1.54, 1.807) is 19.9 Å². The van der Waals surface area contributed by atoms with Crippen LogP contribution in [0.3, 0.4) is 0 Å². The standard InChI is InChI=1S/C20H24N2O5S/c1-13-10-16(11-18(14(13)2)28(24,25)22(3)4)20(23)21-12-15-6-5-7-17-19(15)27-9-8-26-17/h5-7,10-11H,8-9,12H2,1-4H3,(H,21,23). The first-order chi connectivity index (χ1) is 13.2. The van der Waals surface area contributed by atoms with Crippen molar-refractivity contribution in [3.8, 4) is 11.5 Å². The highest BCUT2D eigenvalue weighted by atomic mass is 32.2. The van der Waals surface area contributed by atoms with Crippen LogP contribution in [0.25, 0.3) is 0 Å². The number of amides is 1. The van der Waals surface area contributed by atoms with Gasteiger partial charge in [0.1, 0.15) is 13.2 Å². The molecule has 0 saturated carbocycles. The molecule has 2 aromatic carbocycles. The van der Waals surface area contributed by atoms with Crippen LogP contribution in [0.15, 0.2) is 35.2 Å². The maximum absolute atomic E-state index is 12.7. The Labute approximate surface area is 165 Å². The summed E-state index contributed by atoms with van der Waals surface area (Å²) in [5.41, 5.74) is 2.47. The summed E-state index contributed by atoms with van der Waals surface area (Å²) in [6.45, 7) is 4.73. The fraction of sp³-hybridized carbons (Fsp3) is 0.350. The number of carbonyl (C=O) groups excluding carboxylic acids is 1. The first-order valence-corrected chi connectivity index (χ1v) is 10.4. The van der Waals surface area contributed by atoms with Crippen molar-refractivity contribution in [2.45, 2.75) is 25.3 Å². The van der Waals surface area contributed by atoms with Crippen LogP contribution in [-0.2, 0) is 16.6 Å². The Bertz CT molecular complexity index is 1020. The number of sulfonamides is 1. The minimum absolute atomic E-state index is 0.136. The van der Waals surface area contributed by atoms with Crippen molar-refractivity contribution >= 4 is 15.9 Å². The largest absolute Gasteiger partial charge is 0.486 e. The molecule has 1 amide bonds. The predicted octanol–water partition coefficient (Wildman–Crippen LogP) is 2.25. The number of benzene rings is 2. The summed E-state index contributed by atoms with van der Waals surface area (Å²) in [7, 11) is -0.709. The van der Waals surface area contributed by atoms with Gasteiger partial charge in [0, 0.05) is 31.8 Å². The predicted molar refractivity (Wildman–Crippen MR) is 105 cm³/mol. The zero-order valence-corrected chi connectivity index (χ0v) is 17.2. The number of rotatable bonds is 5. The second-order valence-electron chi connectivity index (χ2n) is 6.83. The van der Waals surface area contributed by atoms with Crippen LogP contribution >= 0.6 is 0 Å². The van der Waals surface area contributed by atoms with Gasteiger partial charge in [-0.15, -0.1) is 0 Å². The van der Waals surface area contributed by atoms with Crippen molar-refractivity contribution in [2.75, 3.05) is 27.3 Å². The number of nitrogens with zero attached hydrogens (tertiary/aromatic N) is 1. The highest BCUT2D eigenvalue weighted by Crippen LogP contribution is 2.33. The van der Waals surface area contributed by atoms with Crippen molar-refractivity contribution in [2.24, 2.45) is 0 Å². The van der Waals surface area contributed by atoms with Gasteiger partial charge in [0.05, 0.1) is 4.90 Å². The average molecular weight is 404 g/mol. The van der Waals surface area contributed by atoms with Gasteiger partial charge >= 0.3 is 0 Å². The lowest BCUT2D eigenvalue weighted by Crippen LogP contribution is -2.26. The maximum atomic E-state index is 12.7. The SMILES string of the molecule is Cc1cc(C(=O)NCc2cccc3c2OCCO3)cc(S(=O)(=O)N(C)C)c1C. The van der Waals surface area contributed by atoms with Gasteiger partial charge in [0.15, 0.2) is 11.5 Å². The molecule has 7 nitrogen and oxygen atoms in total. The third-order valence-corrected chi connectivity index (χ3v) is 6.67. The molecule has 0 atom stereocenters. The summed E-state index contributed by atoms with van der Waals surface area (Å²) in [5, 5.41) is 2.84. The highest BCUT2D eigenvalue weighted by molar-refractivity contribution is 7.89. The molecule has 3 rings (SSSR count). The van der Waals surface area contributed by atoms with Crippen LogP contribution in [-0.4, -0.2) is 45.9 Å². The molecular weight excluding hydrogens is 380 g/mol. The van der Waals surface area contributed by atoms with Gasteiger partial charge in [-0.3, -0.25) is 4.79 Å². The lowest BCUT2D eigenvalue weighted by molar-refractivity contribution is 0.0949. The fourth-order valence-corrected chi connectivity index (χ4v) is 4.19. The first-order valence-electron chi connectivity index (χ1n) is 8.91. The maximum Gasteiger partial charge on any atom is 0.251 e. The smallest absolute Gasteiger partial charge is 0.251 e. The van der Waals surface area contributed by atoms with E-state index in [0.717, 1.165) is 15.4 Å². The summed E-state index contributed by atoms with van der Waals surface area (Å²) in [5.74, 6) is 0.932. The summed E-state index contributed by atoms with van der Waals surface area (Å²) in [6, 6.07) is 8.64. The van der Waals surface area contributed by atoms with Crippen LogP contribution < -0.4 is 14.8 Å². The summed E-state index contributed by atoms with van der Waals surface area (Å²) < 4.78 is 37.5. The van der Waals surface area contributed by atoms with E-state index in [0.29, 0.717) is 35.8 Å². The van der Waals surface area contributed by atoms with Crippen LogP contribution in [0.4, 0.5) is 0 Å². The van der Waals surface area contributed by atoms with Gasteiger partial charge in [0.2, 0.25) is 10.0 Å². The molecule has 28 heavy (non-hydrogen) atoms. The van der Waals surface area contributed by atoms with Gasteiger partial charge in [-0.1, -0.05) is 12.1 Å². The zero-order valence-electron chi connectivity index (χ0n) is 16.4. The monoisotopic (exact) mass is 404 g/mol. The van der Waals surface area contributed by atoms with Crippen molar-refractivity contribution in [3.05, 3.63) is 52.6 Å². The van der Waals surface area contributed by atoms with Crippen molar-refractivity contribution in [1.29, 1.82) is 0 Å². The van der Waals surface area contributed by atoms with Crippen molar-refractivity contribution in [3.63, 3.8) is 0 Å². The molecule has 1 aliphatic rings. The third-order valence-electron chi connectivity index (χ3n) is 4.73. The molecule has 0 unspecified atom stereocenters. The van der Waals surface area contributed by atoms with E-state index in [1.807, 2.05) is 18.2 Å².